The summed E-state index contributed by atoms with van der Waals surface area (Å²) in [6.07, 6.45) is 2.75. The number of carbonyl (C=O) groups excluding carboxylic acids is 1. The number of hydrogen-bond donors (Lipinski definition) is 2. The Hall–Kier alpha value is -2.11. The van der Waals surface area contributed by atoms with Crippen LogP contribution in [0, 0.1) is 0 Å². The average molecular weight is 346 g/mol. The largest absolute Gasteiger partial charge is 0.391 e. The Morgan fingerprint density at radius 1 is 1.38 bits per heavy atom. The molecule has 2 aromatic rings. The highest BCUT2D eigenvalue weighted by atomic mass is 35.5. The second-order valence-corrected chi connectivity index (χ2v) is 6.29. The monoisotopic (exact) mass is 345 g/mol. The van der Waals surface area contributed by atoms with E-state index in [1.54, 1.807) is 12.3 Å². The van der Waals surface area contributed by atoms with Gasteiger partial charge in [0.05, 0.1) is 6.10 Å². The summed E-state index contributed by atoms with van der Waals surface area (Å²) in [5, 5.41) is 13.2. The minimum absolute atomic E-state index is 0.205. The van der Waals surface area contributed by atoms with Gasteiger partial charge in [-0.05, 0) is 36.6 Å². The van der Waals surface area contributed by atoms with E-state index in [0.29, 0.717) is 30.2 Å². The van der Waals surface area contributed by atoms with E-state index in [-0.39, 0.29) is 12.0 Å². The van der Waals surface area contributed by atoms with Crippen LogP contribution in [0.1, 0.15) is 22.5 Å². The van der Waals surface area contributed by atoms with Crippen LogP contribution in [0.15, 0.2) is 42.6 Å². The minimum atomic E-state index is -0.300. The molecule has 6 heteroatoms. The third-order valence-electron chi connectivity index (χ3n) is 4.14. The van der Waals surface area contributed by atoms with Crippen molar-refractivity contribution in [3.05, 3.63) is 58.9 Å². The van der Waals surface area contributed by atoms with Gasteiger partial charge in [-0.3, -0.25) is 9.78 Å². The summed E-state index contributed by atoms with van der Waals surface area (Å²) in [5.74, 6) is -0.205. The average Bonchev–Trinajstić information content (AvgIpc) is 3.03. The molecule has 0 bridgehead atoms. The number of carbonyl (C=O) groups is 1. The van der Waals surface area contributed by atoms with Crippen LogP contribution in [0.25, 0.3) is 0 Å². The van der Waals surface area contributed by atoms with Crippen molar-refractivity contribution >= 4 is 23.2 Å². The zero-order chi connectivity index (χ0) is 16.9. The lowest BCUT2D eigenvalue weighted by Crippen LogP contribution is -2.27. The van der Waals surface area contributed by atoms with Crippen molar-refractivity contribution in [1.82, 2.24) is 10.3 Å². The number of anilines is 1. The zero-order valence-corrected chi connectivity index (χ0v) is 14.0. The van der Waals surface area contributed by atoms with Gasteiger partial charge < -0.3 is 15.3 Å². The van der Waals surface area contributed by atoms with Crippen molar-refractivity contribution < 1.29 is 9.90 Å². The molecule has 1 saturated heterocycles. The van der Waals surface area contributed by atoms with E-state index in [4.69, 9.17) is 11.6 Å². The fourth-order valence-corrected chi connectivity index (χ4v) is 3.05. The first kappa shape index (κ1) is 16.7. The molecule has 0 aliphatic carbocycles. The van der Waals surface area contributed by atoms with E-state index in [2.05, 4.69) is 15.2 Å². The Kier molecular flexibility index (Phi) is 5.33. The topological polar surface area (TPSA) is 65.5 Å². The molecule has 126 valence electrons. The smallest absolute Gasteiger partial charge is 0.269 e. The molecule has 0 saturated carbocycles. The number of nitrogens with one attached hydrogen (secondary N) is 1. The quantitative estimate of drug-likeness (QED) is 0.872. The molecular weight excluding hydrogens is 326 g/mol. The molecule has 0 unspecified atom stereocenters. The van der Waals surface area contributed by atoms with Gasteiger partial charge in [0, 0.05) is 36.5 Å². The van der Waals surface area contributed by atoms with Gasteiger partial charge >= 0.3 is 0 Å². The number of rotatable bonds is 5. The molecule has 1 amide bonds. The van der Waals surface area contributed by atoms with Gasteiger partial charge in [0.25, 0.3) is 5.91 Å². The van der Waals surface area contributed by atoms with Crippen LogP contribution in [-0.2, 0) is 6.42 Å². The van der Waals surface area contributed by atoms with Crippen LogP contribution < -0.4 is 10.2 Å². The fourth-order valence-electron chi connectivity index (χ4n) is 2.82. The van der Waals surface area contributed by atoms with Crippen molar-refractivity contribution in [1.29, 1.82) is 0 Å². The fraction of sp³-hybridized carbons (Fsp3) is 0.333. The Labute approximate surface area is 146 Å². The Morgan fingerprint density at radius 2 is 2.21 bits per heavy atom. The number of amides is 1. The number of halogens is 1. The summed E-state index contributed by atoms with van der Waals surface area (Å²) in [4.78, 5) is 18.5. The summed E-state index contributed by atoms with van der Waals surface area (Å²) >= 11 is 6.11. The van der Waals surface area contributed by atoms with Crippen molar-refractivity contribution in [2.24, 2.45) is 0 Å². The first-order chi connectivity index (χ1) is 11.6. The number of nitrogens with zero attached hydrogens (tertiary/aromatic N) is 2. The highest BCUT2D eigenvalue weighted by Crippen LogP contribution is 2.20. The van der Waals surface area contributed by atoms with E-state index in [0.717, 1.165) is 24.2 Å². The van der Waals surface area contributed by atoms with Gasteiger partial charge in [0.1, 0.15) is 5.69 Å². The number of pyridine rings is 1. The van der Waals surface area contributed by atoms with Gasteiger partial charge in [0.15, 0.2) is 0 Å². The lowest BCUT2D eigenvalue weighted by Gasteiger charge is -2.18. The van der Waals surface area contributed by atoms with Crippen molar-refractivity contribution in [2.45, 2.75) is 18.9 Å². The van der Waals surface area contributed by atoms with Crippen LogP contribution in [-0.4, -0.2) is 41.7 Å². The molecule has 1 aromatic carbocycles. The molecular formula is C18H20ClN3O2. The first-order valence-electron chi connectivity index (χ1n) is 8.04. The first-order valence-corrected chi connectivity index (χ1v) is 8.42. The molecule has 1 fully saturated rings. The Morgan fingerprint density at radius 3 is 2.96 bits per heavy atom. The summed E-state index contributed by atoms with van der Waals surface area (Å²) in [6, 6.07) is 11.2. The van der Waals surface area contributed by atoms with Crippen LogP contribution in [0.4, 0.5) is 5.69 Å². The molecule has 3 rings (SSSR count). The highest BCUT2D eigenvalue weighted by Gasteiger charge is 2.21. The van der Waals surface area contributed by atoms with Crippen LogP contribution in [0.3, 0.4) is 0 Å². The molecule has 24 heavy (non-hydrogen) atoms. The molecule has 2 heterocycles. The van der Waals surface area contributed by atoms with Crippen molar-refractivity contribution in [3.8, 4) is 0 Å². The maximum atomic E-state index is 12.3. The normalized spacial score (nSPS) is 17.1. The number of benzene rings is 1. The van der Waals surface area contributed by atoms with E-state index in [9.17, 15) is 9.90 Å². The number of aliphatic hydroxyl groups is 1. The van der Waals surface area contributed by atoms with Crippen LogP contribution >= 0.6 is 11.6 Å². The van der Waals surface area contributed by atoms with Crippen LogP contribution in [0.2, 0.25) is 5.02 Å². The number of aliphatic hydroxyl groups excluding tert-OH is 1. The molecule has 1 aliphatic rings. The number of hydrogen-bond acceptors (Lipinski definition) is 4. The second-order valence-electron chi connectivity index (χ2n) is 5.89. The second kappa shape index (κ2) is 7.64. The van der Waals surface area contributed by atoms with E-state index in [1.165, 1.54) is 0 Å². The van der Waals surface area contributed by atoms with Gasteiger partial charge in [-0.15, -0.1) is 0 Å². The highest BCUT2D eigenvalue weighted by molar-refractivity contribution is 6.31. The standard InChI is InChI=1S/C18H20ClN3O2/c19-16-4-2-1-3-13(16)5-8-21-18(24)17-11-14(6-9-20-17)22-10-7-15(23)12-22/h1-4,6,9,11,15,23H,5,7-8,10,12H2,(H,21,24)/t15-/m1/s1. The summed E-state index contributed by atoms with van der Waals surface area (Å²) < 4.78 is 0. The summed E-state index contributed by atoms with van der Waals surface area (Å²) in [6.45, 7) is 1.88. The lowest BCUT2D eigenvalue weighted by atomic mass is 10.1. The molecule has 1 atom stereocenters. The third-order valence-corrected chi connectivity index (χ3v) is 4.51. The molecule has 0 radical (unpaired) electrons. The predicted octanol–water partition coefficient (Wildman–Crippen LogP) is 2.28. The maximum absolute atomic E-state index is 12.3. The van der Waals surface area contributed by atoms with Crippen molar-refractivity contribution in [3.63, 3.8) is 0 Å². The third kappa shape index (κ3) is 4.04. The van der Waals surface area contributed by atoms with E-state index >= 15 is 0 Å². The van der Waals surface area contributed by atoms with Crippen LogP contribution in [0.5, 0.6) is 0 Å². The van der Waals surface area contributed by atoms with Gasteiger partial charge in [-0.2, -0.15) is 0 Å². The van der Waals surface area contributed by atoms with E-state index in [1.807, 2.05) is 30.3 Å². The molecule has 5 nitrogen and oxygen atoms in total. The van der Waals surface area contributed by atoms with Gasteiger partial charge in [0.2, 0.25) is 0 Å². The van der Waals surface area contributed by atoms with Crippen molar-refractivity contribution in [2.75, 3.05) is 24.5 Å². The zero-order valence-electron chi connectivity index (χ0n) is 13.3. The maximum Gasteiger partial charge on any atom is 0.269 e. The van der Waals surface area contributed by atoms with Gasteiger partial charge in [-0.1, -0.05) is 29.8 Å². The Bertz CT molecular complexity index is 723. The number of aromatic nitrogens is 1. The minimum Gasteiger partial charge on any atom is -0.391 e. The SMILES string of the molecule is O=C(NCCc1ccccc1Cl)c1cc(N2CC[C@@H](O)C2)ccn1. The lowest BCUT2D eigenvalue weighted by molar-refractivity contribution is 0.0949. The summed E-state index contributed by atoms with van der Waals surface area (Å²) in [5.41, 5.74) is 2.30. The molecule has 2 N–H and O–H groups in total. The number of β-amino-alcohol motifs (C(OH)–C–C–N with tert-alkyl or cyclic N) is 1. The predicted molar refractivity (Wildman–Crippen MR) is 94.6 cm³/mol. The molecule has 0 spiro atoms. The summed E-state index contributed by atoms with van der Waals surface area (Å²) in [7, 11) is 0. The Balaban J connectivity index is 1.58. The van der Waals surface area contributed by atoms with E-state index < -0.39 is 0 Å². The van der Waals surface area contributed by atoms with Gasteiger partial charge in [-0.25, -0.2) is 0 Å². The molecule has 1 aliphatic heterocycles. The molecule has 1 aromatic heterocycles.